The van der Waals surface area contributed by atoms with E-state index in [1.165, 1.54) is 42.5 Å². The maximum Gasteiger partial charge on any atom is 0.270 e. The third-order valence-electron chi connectivity index (χ3n) is 7.14. The molecular weight excluding hydrogens is 465 g/mol. The number of Topliss-reactive ketones (excluding diaryl/α,β-unsaturated/α-hetero) is 1. The van der Waals surface area contributed by atoms with Gasteiger partial charge in [0.15, 0.2) is 5.78 Å². The third kappa shape index (κ3) is 3.09. The summed E-state index contributed by atoms with van der Waals surface area (Å²) < 4.78 is 14.0. The monoisotopic (exact) mass is 483 g/mol. The molecular formula is C27H18FN3O5. The average Bonchev–Trinajstić information content (AvgIpc) is 3.36. The Balaban J connectivity index is 1.50. The van der Waals surface area contributed by atoms with E-state index in [1.807, 2.05) is 30.3 Å². The number of rotatable bonds is 4. The topological polar surface area (TPSA) is 101 Å². The molecule has 3 aliphatic heterocycles. The van der Waals surface area contributed by atoms with Gasteiger partial charge < -0.3 is 4.90 Å². The van der Waals surface area contributed by atoms with Crippen molar-refractivity contribution in [3.63, 3.8) is 0 Å². The van der Waals surface area contributed by atoms with E-state index in [-0.39, 0.29) is 16.9 Å². The lowest BCUT2D eigenvalue weighted by Gasteiger charge is -2.35. The lowest BCUT2D eigenvalue weighted by atomic mass is 9.83. The van der Waals surface area contributed by atoms with Crippen LogP contribution in [-0.2, 0) is 9.59 Å². The first kappa shape index (κ1) is 21.8. The van der Waals surface area contributed by atoms with Crippen molar-refractivity contribution < 1.29 is 23.7 Å². The van der Waals surface area contributed by atoms with Crippen molar-refractivity contribution in [1.29, 1.82) is 0 Å². The van der Waals surface area contributed by atoms with Gasteiger partial charge in [0.05, 0.1) is 28.5 Å². The van der Waals surface area contributed by atoms with Crippen molar-refractivity contribution in [2.45, 2.75) is 12.1 Å². The molecule has 178 valence electrons. The Kier molecular flexibility index (Phi) is 4.82. The number of nitro benzene ring substituents is 1. The smallest absolute Gasteiger partial charge is 0.270 e. The molecule has 2 fully saturated rings. The molecule has 9 heteroatoms. The summed E-state index contributed by atoms with van der Waals surface area (Å²) >= 11 is 0. The van der Waals surface area contributed by atoms with Crippen molar-refractivity contribution in [3.8, 4) is 0 Å². The molecule has 0 unspecified atom stereocenters. The largest absolute Gasteiger partial charge is 0.358 e. The molecule has 6 rings (SSSR count). The van der Waals surface area contributed by atoms with E-state index in [0.29, 0.717) is 0 Å². The fourth-order valence-corrected chi connectivity index (χ4v) is 5.67. The second-order valence-corrected chi connectivity index (χ2v) is 9.00. The van der Waals surface area contributed by atoms with Crippen LogP contribution in [0.1, 0.15) is 27.5 Å². The number of amides is 2. The van der Waals surface area contributed by atoms with Crippen molar-refractivity contribution in [1.82, 2.24) is 4.90 Å². The normalized spacial score (nSPS) is 23.9. The molecule has 0 aliphatic carbocycles. The standard InChI is InChI=1S/C27H18FN3O5/c28-17-7-4-8-18(14-17)30-26(33)21-22(27(30)34)24(25(32)16-6-3-9-19(13-16)31(35)36)29-12-11-15-5-1-2-10-20(15)23(21)29/h1-14,21-24H/t21-,22-,23+,24+/m0/s1. The second-order valence-electron chi connectivity index (χ2n) is 9.00. The minimum Gasteiger partial charge on any atom is -0.358 e. The zero-order valence-corrected chi connectivity index (χ0v) is 18.7. The van der Waals surface area contributed by atoms with Crippen molar-refractivity contribution in [2.75, 3.05) is 4.90 Å². The highest BCUT2D eigenvalue weighted by Crippen LogP contribution is 2.53. The highest BCUT2D eigenvalue weighted by Gasteiger charge is 2.64. The van der Waals surface area contributed by atoms with Crippen LogP contribution in [0, 0.1) is 27.8 Å². The third-order valence-corrected chi connectivity index (χ3v) is 7.14. The van der Waals surface area contributed by atoms with E-state index in [1.54, 1.807) is 11.1 Å². The maximum absolute atomic E-state index is 14.0. The van der Waals surface area contributed by atoms with Gasteiger partial charge in [0.1, 0.15) is 11.9 Å². The van der Waals surface area contributed by atoms with Gasteiger partial charge >= 0.3 is 0 Å². The van der Waals surface area contributed by atoms with Gasteiger partial charge in [-0.15, -0.1) is 0 Å². The molecule has 0 radical (unpaired) electrons. The first-order valence-corrected chi connectivity index (χ1v) is 11.3. The summed E-state index contributed by atoms with van der Waals surface area (Å²) in [7, 11) is 0. The van der Waals surface area contributed by atoms with Crippen LogP contribution in [0.2, 0.25) is 0 Å². The van der Waals surface area contributed by atoms with Crippen LogP contribution in [0.25, 0.3) is 6.08 Å². The molecule has 2 saturated heterocycles. The number of non-ortho nitro benzene ring substituents is 1. The Labute approximate surface area is 204 Å². The number of hydrogen-bond donors (Lipinski definition) is 0. The fourth-order valence-electron chi connectivity index (χ4n) is 5.67. The van der Waals surface area contributed by atoms with Gasteiger partial charge in [0.2, 0.25) is 11.8 Å². The highest BCUT2D eigenvalue weighted by atomic mass is 19.1. The first-order valence-electron chi connectivity index (χ1n) is 11.3. The van der Waals surface area contributed by atoms with Gasteiger partial charge in [0.25, 0.3) is 5.69 Å². The predicted octanol–water partition coefficient (Wildman–Crippen LogP) is 4.13. The Hall–Kier alpha value is -4.66. The highest BCUT2D eigenvalue weighted by molar-refractivity contribution is 6.24. The summed E-state index contributed by atoms with van der Waals surface area (Å²) in [6.07, 6.45) is 3.53. The fraction of sp³-hybridized carbons (Fsp3) is 0.148. The average molecular weight is 483 g/mol. The van der Waals surface area contributed by atoms with Crippen LogP contribution in [0.5, 0.6) is 0 Å². The molecule has 2 amide bonds. The predicted molar refractivity (Wildman–Crippen MR) is 127 cm³/mol. The van der Waals surface area contributed by atoms with Gasteiger partial charge in [-0.1, -0.05) is 42.5 Å². The minimum atomic E-state index is -1.07. The van der Waals surface area contributed by atoms with Crippen LogP contribution >= 0.6 is 0 Å². The number of hydrogen-bond acceptors (Lipinski definition) is 6. The number of ketones is 1. The molecule has 3 heterocycles. The summed E-state index contributed by atoms with van der Waals surface area (Å²) in [6, 6.07) is 16.3. The Morgan fingerprint density at radius 1 is 0.917 bits per heavy atom. The number of fused-ring (bicyclic) bond motifs is 5. The molecule has 36 heavy (non-hydrogen) atoms. The van der Waals surface area contributed by atoms with Crippen LogP contribution < -0.4 is 4.90 Å². The van der Waals surface area contributed by atoms with Gasteiger partial charge in [-0.05, 0) is 35.4 Å². The summed E-state index contributed by atoms with van der Waals surface area (Å²) in [5.41, 5.74) is 1.59. The number of anilines is 1. The number of nitro groups is 1. The van der Waals surface area contributed by atoms with E-state index < -0.39 is 52.3 Å². The van der Waals surface area contributed by atoms with Crippen molar-refractivity contribution in [3.05, 3.63) is 112 Å². The molecule has 3 aromatic carbocycles. The maximum atomic E-state index is 14.0. The van der Waals surface area contributed by atoms with Gasteiger partial charge in [-0.2, -0.15) is 0 Å². The molecule has 0 aromatic heterocycles. The first-order chi connectivity index (χ1) is 17.4. The van der Waals surface area contributed by atoms with Crippen LogP contribution in [-0.4, -0.2) is 33.5 Å². The molecule has 0 saturated carbocycles. The Morgan fingerprint density at radius 3 is 2.44 bits per heavy atom. The summed E-state index contributed by atoms with van der Waals surface area (Å²) in [6.45, 7) is 0. The second kappa shape index (κ2) is 7.94. The number of imide groups is 1. The van der Waals surface area contributed by atoms with Gasteiger partial charge in [0, 0.05) is 23.9 Å². The minimum absolute atomic E-state index is 0.0744. The molecule has 0 spiro atoms. The van der Waals surface area contributed by atoms with Gasteiger partial charge in [-0.3, -0.25) is 24.5 Å². The summed E-state index contributed by atoms with van der Waals surface area (Å²) in [5, 5.41) is 11.3. The molecule has 0 bridgehead atoms. The Bertz CT molecular complexity index is 1500. The number of halogens is 1. The van der Waals surface area contributed by atoms with Crippen molar-refractivity contribution in [2.24, 2.45) is 11.8 Å². The van der Waals surface area contributed by atoms with Gasteiger partial charge in [-0.25, -0.2) is 9.29 Å². The lowest BCUT2D eigenvalue weighted by Crippen LogP contribution is -2.44. The molecule has 3 aliphatic rings. The number of carbonyl (C=O) groups is 3. The quantitative estimate of drug-likeness (QED) is 0.239. The molecule has 3 aromatic rings. The van der Waals surface area contributed by atoms with E-state index in [2.05, 4.69) is 0 Å². The molecule has 8 nitrogen and oxygen atoms in total. The van der Waals surface area contributed by atoms with Crippen LogP contribution in [0.4, 0.5) is 15.8 Å². The molecule has 4 atom stereocenters. The zero-order valence-electron chi connectivity index (χ0n) is 18.7. The lowest BCUT2D eigenvalue weighted by molar-refractivity contribution is -0.384. The Morgan fingerprint density at radius 2 is 1.67 bits per heavy atom. The van der Waals surface area contributed by atoms with E-state index >= 15 is 0 Å². The van der Waals surface area contributed by atoms with Crippen LogP contribution in [0.15, 0.2) is 79.0 Å². The van der Waals surface area contributed by atoms with E-state index in [9.17, 15) is 28.9 Å². The van der Waals surface area contributed by atoms with Crippen LogP contribution in [0.3, 0.4) is 0 Å². The SMILES string of the molecule is O=C(c1cccc([N+](=O)[O-])c1)[C@H]1[C@H]2C(=O)N(c3cccc(F)c3)C(=O)[C@@H]2[C@H]2c3ccccc3C=CN21. The number of carbonyl (C=O) groups excluding carboxylic acids is 3. The molecule has 0 N–H and O–H groups in total. The van der Waals surface area contributed by atoms with E-state index in [4.69, 9.17) is 0 Å². The van der Waals surface area contributed by atoms with Crippen molar-refractivity contribution >= 4 is 35.0 Å². The number of nitrogens with zero attached hydrogens (tertiary/aromatic N) is 3. The number of benzene rings is 3. The summed E-state index contributed by atoms with van der Waals surface area (Å²) in [4.78, 5) is 54.7. The summed E-state index contributed by atoms with van der Waals surface area (Å²) in [5.74, 6) is -4.14. The van der Waals surface area contributed by atoms with E-state index in [0.717, 1.165) is 22.1 Å². The zero-order chi connectivity index (χ0) is 25.1.